The van der Waals surface area contributed by atoms with E-state index in [1.165, 1.54) is 13.2 Å². The Kier molecular flexibility index (Phi) is 2.91. The molecule has 0 radical (unpaired) electrons. The largest absolute Gasteiger partial charge is 0.507 e. The van der Waals surface area contributed by atoms with Gasteiger partial charge in [0.25, 0.3) is 0 Å². The zero-order valence-electron chi connectivity index (χ0n) is 9.77. The van der Waals surface area contributed by atoms with E-state index in [-0.39, 0.29) is 11.5 Å². The van der Waals surface area contributed by atoms with Crippen molar-refractivity contribution in [2.75, 3.05) is 7.11 Å². The Labute approximate surface area is 99.9 Å². The number of hydrogen-bond acceptors (Lipinski definition) is 3. The molecule has 0 aliphatic rings. The van der Waals surface area contributed by atoms with Gasteiger partial charge in [0.2, 0.25) is 0 Å². The molecule has 0 saturated carbocycles. The molecule has 3 heteroatoms. The molecule has 17 heavy (non-hydrogen) atoms. The Morgan fingerprint density at radius 1 is 1.06 bits per heavy atom. The van der Waals surface area contributed by atoms with Crippen LogP contribution >= 0.6 is 0 Å². The van der Waals surface area contributed by atoms with E-state index in [0.29, 0.717) is 16.9 Å². The Bertz CT molecular complexity index is 533. The van der Waals surface area contributed by atoms with Crippen molar-refractivity contribution in [3.05, 3.63) is 42.0 Å². The molecular weight excluding hydrogens is 216 g/mol. The molecule has 0 atom stereocenters. The summed E-state index contributed by atoms with van der Waals surface area (Å²) in [6.07, 6.45) is 0. The molecule has 0 aliphatic heterocycles. The molecule has 2 N–H and O–H groups in total. The fourth-order valence-electron chi connectivity index (χ4n) is 1.83. The minimum Gasteiger partial charge on any atom is -0.507 e. The molecule has 2 aromatic rings. The van der Waals surface area contributed by atoms with Crippen molar-refractivity contribution < 1.29 is 14.9 Å². The van der Waals surface area contributed by atoms with Crippen LogP contribution < -0.4 is 4.74 Å². The quantitative estimate of drug-likeness (QED) is 0.833. The van der Waals surface area contributed by atoms with Gasteiger partial charge in [-0.1, -0.05) is 30.3 Å². The number of hydrogen-bond donors (Lipinski definition) is 2. The van der Waals surface area contributed by atoms with E-state index < -0.39 is 0 Å². The van der Waals surface area contributed by atoms with Gasteiger partial charge >= 0.3 is 0 Å². The lowest BCUT2D eigenvalue weighted by atomic mass is 10.00. The van der Waals surface area contributed by atoms with Crippen LogP contribution in [0, 0.1) is 6.92 Å². The van der Waals surface area contributed by atoms with Gasteiger partial charge in [0, 0.05) is 11.6 Å². The topological polar surface area (TPSA) is 49.7 Å². The third-order valence-corrected chi connectivity index (χ3v) is 2.77. The molecule has 2 aromatic carbocycles. The fraction of sp³-hybridized carbons (Fsp3) is 0.143. The smallest absolute Gasteiger partial charge is 0.133 e. The summed E-state index contributed by atoms with van der Waals surface area (Å²) in [6.45, 7) is 1.75. The second-order valence-corrected chi connectivity index (χ2v) is 3.81. The highest BCUT2D eigenvalue weighted by Gasteiger charge is 2.16. The number of benzene rings is 2. The van der Waals surface area contributed by atoms with E-state index in [1.807, 2.05) is 30.3 Å². The number of methoxy groups -OCH3 is 1. The van der Waals surface area contributed by atoms with Crippen molar-refractivity contribution in [2.45, 2.75) is 6.92 Å². The third kappa shape index (κ3) is 1.91. The molecule has 0 unspecified atom stereocenters. The lowest BCUT2D eigenvalue weighted by Gasteiger charge is -2.13. The van der Waals surface area contributed by atoms with Gasteiger partial charge in [-0.15, -0.1) is 0 Å². The highest BCUT2D eigenvalue weighted by Crippen LogP contribution is 2.43. The Morgan fingerprint density at radius 3 is 2.29 bits per heavy atom. The van der Waals surface area contributed by atoms with Crippen LogP contribution in [0.4, 0.5) is 0 Å². The molecule has 88 valence electrons. The number of rotatable bonds is 2. The monoisotopic (exact) mass is 230 g/mol. The van der Waals surface area contributed by atoms with Gasteiger partial charge in [0.15, 0.2) is 0 Å². The first-order valence-corrected chi connectivity index (χ1v) is 5.30. The summed E-state index contributed by atoms with van der Waals surface area (Å²) < 4.78 is 5.08. The second kappa shape index (κ2) is 4.37. The molecule has 0 spiro atoms. The molecule has 0 amide bonds. The lowest BCUT2D eigenvalue weighted by molar-refractivity contribution is 0.394. The van der Waals surface area contributed by atoms with E-state index >= 15 is 0 Å². The molecule has 0 bridgehead atoms. The molecule has 0 heterocycles. The Balaban J connectivity index is 2.68. The molecule has 0 saturated heterocycles. The minimum absolute atomic E-state index is 0.0103. The van der Waals surface area contributed by atoms with Gasteiger partial charge in [-0.25, -0.2) is 0 Å². The standard InChI is InChI=1S/C14H14O3/c1-9-12(17-2)8-11(15)13(14(9)16)10-6-4-3-5-7-10/h3-8,15-16H,1-2H3. The van der Waals surface area contributed by atoms with Gasteiger partial charge in [-0.2, -0.15) is 0 Å². The maximum atomic E-state index is 10.1. The van der Waals surface area contributed by atoms with E-state index in [2.05, 4.69) is 0 Å². The average Bonchev–Trinajstić information content (AvgIpc) is 2.35. The number of phenols is 2. The van der Waals surface area contributed by atoms with Crippen LogP contribution in [-0.4, -0.2) is 17.3 Å². The van der Waals surface area contributed by atoms with Crippen LogP contribution in [0.15, 0.2) is 36.4 Å². The molecular formula is C14H14O3. The summed E-state index contributed by atoms with van der Waals surface area (Å²) in [5, 5.41) is 20.0. The third-order valence-electron chi connectivity index (χ3n) is 2.77. The maximum Gasteiger partial charge on any atom is 0.133 e. The first-order chi connectivity index (χ1) is 8.15. The van der Waals surface area contributed by atoms with Gasteiger partial charge in [-0.05, 0) is 12.5 Å². The van der Waals surface area contributed by atoms with E-state index in [0.717, 1.165) is 5.56 Å². The summed E-state index contributed by atoms with van der Waals surface area (Å²) in [7, 11) is 1.50. The highest BCUT2D eigenvalue weighted by molar-refractivity contribution is 5.79. The van der Waals surface area contributed by atoms with Crippen LogP contribution in [-0.2, 0) is 0 Å². The van der Waals surface area contributed by atoms with Crippen molar-refractivity contribution in [3.63, 3.8) is 0 Å². The van der Waals surface area contributed by atoms with Crippen LogP contribution in [0.1, 0.15) is 5.56 Å². The van der Waals surface area contributed by atoms with Crippen LogP contribution in [0.5, 0.6) is 17.2 Å². The molecule has 0 fully saturated rings. The molecule has 2 rings (SSSR count). The van der Waals surface area contributed by atoms with E-state index in [4.69, 9.17) is 4.74 Å². The zero-order valence-corrected chi connectivity index (χ0v) is 9.77. The van der Waals surface area contributed by atoms with Gasteiger partial charge in [0.1, 0.15) is 17.2 Å². The summed E-state index contributed by atoms with van der Waals surface area (Å²) >= 11 is 0. The van der Waals surface area contributed by atoms with Crippen molar-refractivity contribution >= 4 is 0 Å². The SMILES string of the molecule is COc1cc(O)c(-c2ccccc2)c(O)c1C. The van der Waals surface area contributed by atoms with Gasteiger partial charge < -0.3 is 14.9 Å². The summed E-state index contributed by atoms with van der Waals surface area (Å²) in [6, 6.07) is 10.8. The maximum absolute atomic E-state index is 10.1. The first kappa shape index (κ1) is 11.3. The predicted molar refractivity (Wildman–Crippen MR) is 66.5 cm³/mol. The lowest BCUT2D eigenvalue weighted by Crippen LogP contribution is -1.90. The van der Waals surface area contributed by atoms with Crippen molar-refractivity contribution in [2.24, 2.45) is 0 Å². The predicted octanol–water partition coefficient (Wildman–Crippen LogP) is 3.08. The average molecular weight is 230 g/mol. The second-order valence-electron chi connectivity index (χ2n) is 3.81. The molecule has 3 nitrogen and oxygen atoms in total. The van der Waals surface area contributed by atoms with Crippen LogP contribution in [0.25, 0.3) is 11.1 Å². The molecule has 0 aliphatic carbocycles. The van der Waals surface area contributed by atoms with Gasteiger partial charge in [0.05, 0.1) is 12.7 Å². The fourth-order valence-corrected chi connectivity index (χ4v) is 1.83. The van der Waals surface area contributed by atoms with Crippen LogP contribution in [0.3, 0.4) is 0 Å². The summed E-state index contributed by atoms with van der Waals surface area (Å²) in [5.41, 5.74) is 1.82. The van der Waals surface area contributed by atoms with Crippen molar-refractivity contribution in [3.8, 4) is 28.4 Å². The Morgan fingerprint density at radius 2 is 1.71 bits per heavy atom. The summed E-state index contributed by atoms with van der Waals surface area (Å²) in [5.74, 6) is 0.531. The Hall–Kier alpha value is -2.16. The number of ether oxygens (including phenoxy) is 1. The van der Waals surface area contributed by atoms with Crippen molar-refractivity contribution in [1.82, 2.24) is 0 Å². The first-order valence-electron chi connectivity index (χ1n) is 5.30. The summed E-state index contributed by atoms with van der Waals surface area (Å²) in [4.78, 5) is 0. The normalized spacial score (nSPS) is 10.2. The minimum atomic E-state index is 0.0103. The van der Waals surface area contributed by atoms with Gasteiger partial charge in [-0.3, -0.25) is 0 Å². The number of aromatic hydroxyl groups is 2. The highest BCUT2D eigenvalue weighted by atomic mass is 16.5. The van der Waals surface area contributed by atoms with Crippen molar-refractivity contribution in [1.29, 1.82) is 0 Å². The number of phenolic OH excluding ortho intramolecular Hbond substituents is 2. The van der Waals surface area contributed by atoms with E-state index in [1.54, 1.807) is 6.92 Å². The molecule has 0 aromatic heterocycles. The zero-order chi connectivity index (χ0) is 12.4. The van der Waals surface area contributed by atoms with Crippen LogP contribution in [0.2, 0.25) is 0 Å². The van der Waals surface area contributed by atoms with E-state index in [9.17, 15) is 10.2 Å².